The van der Waals surface area contributed by atoms with E-state index < -0.39 is 5.97 Å². The lowest BCUT2D eigenvalue weighted by molar-refractivity contribution is -0.141. The maximum Gasteiger partial charge on any atom is 0.306 e. The first-order valence-corrected chi connectivity index (χ1v) is 10.6. The fourth-order valence-electron chi connectivity index (χ4n) is 4.22. The van der Waals surface area contributed by atoms with Crippen LogP contribution < -0.4 is 0 Å². The summed E-state index contributed by atoms with van der Waals surface area (Å²) in [6.07, 6.45) is 6.01. The second-order valence-corrected chi connectivity index (χ2v) is 8.67. The van der Waals surface area contributed by atoms with Crippen molar-refractivity contribution in [1.29, 1.82) is 0 Å². The second-order valence-electron chi connectivity index (χ2n) is 7.59. The van der Waals surface area contributed by atoms with E-state index in [2.05, 4.69) is 37.3 Å². The fraction of sp³-hybridized carbons (Fsp3) is 0.391. The molecule has 140 valence electrons. The largest absolute Gasteiger partial charge is 0.481 e. The topological polar surface area (TPSA) is 50.2 Å². The zero-order valence-electron chi connectivity index (χ0n) is 15.9. The summed E-state index contributed by atoms with van der Waals surface area (Å²) in [6, 6.07) is 10.6. The van der Waals surface area contributed by atoms with Crippen molar-refractivity contribution in [2.24, 2.45) is 5.92 Å². The summed E-state index contributed by atoms with van der Waals surface area (Å²) >= 11 is 1.86. The van der Waals surface area contributed by atoms with E-state index in [9.17, 15) is 9.90 Å². The lowest BCUT2D eigenvalue weighted by atomic mass is 9.90. The van der Waals surface area contributed by atoms with Gasteiger partial charge >= 0.3 is 5.97 Å². The molecule has 0 amide bonds. The molecular weight excluding hydrogens is 354 g/mol. The Bertz CT molecular complexity index is 991. The average molecular weight is 380 g/mol. The first kappa shape index (κ1) is 18.2. The smallest absolute Gasteiger partial charge is 0.306 e. The number of nitrogens with zero attached hydrogens (tertiary/aromatic N) is 1. The third-order valence-corrected chi connectivity index (χ3v) is 6.89. The van der Waals surface area contributed by atoms with Gasteiger partial charge in [0.25, 0.3) is 0 Å². The van der Waals surface area contributed by atoms with Gasteiger partial charge in [0, 0.05) is 16.0 Å². The number of rotatable bonds is 6. The van der Waals surface area contributed by atoms with Gasteiger partial charge in [0.2, 0.25) is 0 Å². The third kappa shape index (κ3) is 3.39. The van der Waals surface area contributed by atoms with Gasteiger partial charge in [0.05, 0.1) is 5.92 Å². The monoisotopic (exact) mass is 379 g/mol. The summed E-state index contributed by atoms with van der Waals surface area (Å²) in [4.78, 5) is 18.8. The summed E-state index contributed by atoms with van der Waals surface area (Å²) in [5, 5.41) is 10.5. The molecule has 3 nitrogen and oxygen atoms in total. The fourth-order valence-corrected chi connectivity index (χ4v) is 5.53. The summed E-state index contributed by atoms with van der Waals surface area (Å²) in [5.41, 5.74) is 6.46. The van der Waals surface area contributed by atoms with Crippen LogP contribution in [0.1, 0.15) is 47.9 Å². The van der Waals surface area contributed by atoms with Crippen LogP contribution in [0.3, 0.4) is 0 Å². The Balaban J connectivity index is 1.82. The van der Waals surface area contributed by atoms with Crippen LogP contribution in [-0.4, -0.2) is 16.1 Å². The number of thiophene rings is 1. The lowest BCUT2D eigenvalue weighted by Gasteiger charge is -2.16. The predicted octanol–water partition coefficient (Wildman–Crippen LogP) is 5.80. The van der Waals surface area contributed by atoms with Crippen molar-refractivity contribution in [2.75, 3.05) is 0 Å². The Labute approximate surface area is 164 Å². The van der Waals surface area contributed by atoms with Crippen molar-refractivity contribution in [1.82, 2.24) is 4.98 Å². The minimum atomic E-state index is -0.709. The van der Waals surface area contributed by atoms with Gasteiger partial charge in [0.15, 0.2) is 0 Å². The van der Waals surface area contributed by atoms with Gasteiger partial charge in [-0.1, -0.05) is 37.3 Å². The molecular formula is C23H25NO2S. The highest BCUT2D eigenvalue weighted by Crippen LogP contribution is 2.44. The summed E-state index contributed by atoms with van der Waals surface area (Å²) in [6.45, 7) is 3.90. The molecule has 1 N–H and O–H groups in total. The molecule has 0 bridgehead atoms. The van der Waals surface area contributed by atoms with Crippen LogP contribution in [0.25, 0.3) is 21.3 Å². The van der Waals surface area contributed by atoms with Crippen LogP contribution in [0.5, 0.6) is 0 Å². The number of pyridine rings is 1. The predicted molar refractivity (Wildman–Crippen MR) is 112 cm³/mol. The Kier molecular flexibility index (Phi) is 5.00. The van der Waals surface area contributed by atoms with Crippen LogP contribution in [-0.2, 0) is 24.1 Å². The highest BCUT2D eigenvalue weighted by Gasteiger charge is 2.24. The zero-order valence-corrected chi connectivity index (χ0v) is 16.7. The molecule has 0 saturated carbocycles. The zero-order chi connectivity index (χ0) is 19.0. The van der Waals surface area contributed by atoms with Crippen molar-refractivity contribution in [3.8, 4) is 11.1 Å². The van der Waals surface area contributed by atoms with E-state index >= 15 is 0 Å². The Morgan fingerprint density at radius 1 is 1.26 bits per heavy atom. The van der Waals surface area contributed by atoms with E-state index in [1.54, 1.807) is 6.92 Å². The van der Waals surface area contributed by atoms with E-state index in [-0.39, 0.29) is 5.92 Å². The number of aliphatic carboxylic acids is 1. The Morgan fingerprint density at radius 3 is 2.78 bits per heavy atom. The highest BCUT2D eigenvalue weighted by atomic mass is 32.1. The lowest BCUT2D eigenvalue weighted by Crippen LogP contribution is -2.10. The minimum absolute atomic E-state index is 0.299. The molecule has 0 saturated heterocycles. The Hall–Kier alpha value is -2.20. The second kappa shape index (κ2) is 7.43. The molecule has 1 aliphatic carbocycles. The van der Waals surface area contributed by atoms with Gasteiger partial charge in [-0.05, 0) is 67.7 Å². The van der Waals surface area contributed by atoms with Gasteiger partial charge in [-0.15, -0.1) is 11.3 Å². The number of carboxylic acids is 1. The highest BCUT2D eigenvalue weighted by molar-refractivity contribution is 7.19. The number of aryl methyl sites for hydroxylation is 3. The van der Waals surface area contributed by atoms with Crippen LogP contribution in [0.4, 0.5) is 0 Å². The van der Waals surface area contributed by atoms with Gasteiger partial charge < -0.3 is 5.11 Å². The molecule has 2 heterocycles. The van der Waals surface area contributed by atoms with Crippen LogP contribution in [0, 0.1) is 12.8 Å². The molecule has 1 unspecified atom stereocenters. The third-order valence-electron chi connectivity index (χ3n) is 5.71. The normalized spacial score (nSPS) is 14.4. The van der Waals surface area contributed by atoms with E-state index in [0.29, 0.717) is 6.42 Å². The number of fused-ring (bicyclic) bond motifs is 3. The maximum absolute atomic E-state index is 11.2. The molecule has 4 heteroatoms. The summed E-state index contributed by atoms with van der Waals surface area (Å²) in [7, 11) is 0. The number of benzene rings is 1. The molecule has 0 aliphatic heterocycles. The Morgan fingerprint density at radius 2 is 2.04 bits per heavy atom. The number of carboxylic acid groups (broad SMARTS) is 1. The van der Waals surface area contributed by atoms with Gasteiger partial charge in [0.1, 0.15) is 4.83 Å². The summed E-state index contributed by atoms with van der Waals surface area (Å²) in [5.74, 6) is -1.01. The molecule has 1 aromatic carbocycles. The maximum atomic E-state index is 11.2. The number of hydrogen-bond acceptors (Lipinski definition) is 3. The van der Waals surface area contributed by atoms with Crippen molar-refractivity contribution in [3.05, 3.63) is 52.0 Å². The number of hydrogen-bond donors (Lipinski definition) is 1. The molecule has 0 spiro atoms. The molecule has 0 radical (unpaired) electrons. The van der Waals surface area contributed by atoms with E-state index in [1.165, 1.54) is 50.2 Å². The summed E-state index contributed by atoms with van der Waals surface area (Å²) < 4.78 is 0. The van der Waals surface area contributed by atoms with Crippen LogP contribution in [0.2, 0.25) is 0 Å². The first-order valence-electron chi connectivity index (χ1n) is 9.78. The van der Waals surface area contributed by atoms with E-state index in [0.717, 1.165) is 25.0 Å². The first-order chi connectivity index (χ1) is 13.1. The van der Waals surface area contributed by atoms with Gasteiger partial charge in [-0.25, -0.2) is 4.98 Å². The van der Waals surface area contributed by atoms with Crippen molar-refractivity contribution in [3.63, 3.8) is 0 Å². The quantitative estimate of drug-likeness (QED) is 0.588. The van der Waals surface area contributed by atoms with E-state index in [1.807, 2.05) is 11.3 Å². The van der Waals surface area contributed by atoms with Crippen molar-refractivity contribution < 1.29 is 9.90 Å². The molecule has 0 fully saturated rings. The molecule has 1 aliphatic rings. The van der Waals surface area contributed by atoms with Crippen LogP contribution in [0.15, 0.2) is 30.3 Å². The standard InChI is InChI=1S/C23H25NO2S/c1-14(23(25)26)8-6-11-17-15(2)24-22-21(18-12-7-13-19(18)27-22)20(17)16-9-4-3-5-10-16/h3-5,9-10,14H,6-8,11-13H2,1-2H3,(H,25,26). The average Bonchev–Trinajstić information content (AvgIpc) is 3.23. The van der Waals surface area contributed by atoms with Crippen molar-refractivity contribution in [2.45, 2.75) is 52.4 Å². The molecule has 3 aromatic rings. The number of carbonyl (C=O) groups is 1. The van der Waals surface area contributed by atoms with Crippen LogP contribution >= 0.6 is 11.3 Å². The SMILES string of the molecule is Cc1nc2sc3c(c2c(-c2ccccc2)c1CCCC(C)C(=O)O)CCC3. The van der Waals surface area contributed by atoms with Gasteiger partial charge in [-0.2, -0.15) is 0 Å². The van der Waals surface area contributed by atoms with Crippen molar-refractivity contribution >= 4 is 27.5 Å². The minimum Gasteiger partial charge on any atom is -0.481 e. The van der Waals surface area contributed by atoms with E-state index in [4.69, 9.17) is 4.98 Å². The van der Waals surface area contributed by atoms with Gasteiger partial charge in [-0.3, -0.25) is 4.79 Å². The molecule has 1 atom stereocenters. The number of aromatic nitrogens is 1. The molecule has 2 aromatic heterocycles. The molecule has 27 heavy (non-hydrogen) atoms. The molecule has 4 rings (SSSR count).